The minimum atomic E-state index is -4.80. The molecule has 21 heteroatoms. The number of aromatic amines is 2. The molecule has 0 spiro atoms. The highest BCUT2D eigenvalue weighted by Gasteiger charge is 2.38. The fourth-order valence-corrected chi connectivity index (χ4v) is 12.1. The van der Waals surface area contributed by atoms with Crippen LogP contribution in [0.1, 0.15) is 58.7 Å². The number of alkyl halides is 3. The minimum Gasteiger partial charge on any atom is -0.477 e. The van der Waals surface area contributed by atoms with Crippen LogP contribution in [0.2, 0.25) is 0 Å². The van der Waals surface area contributed by atoms with Crippen LogP contribution in [0.25, 0.3) is 20.9 Å². The van der Waals surface area contributed by atoms with Crippen LogP contribution in [-0.4, -0.2) is 56.8 Å². The van der Waals surface area contributed by atoms with Crippen LogP contribution in [0, 0.1) is 27.7 Å². The van der Waals surface area contributed by atoms with Gasteiger partial charge in [-0.25, -0.2) is 9.59 Å². The van der Waals surface area contributed by atoms with Gasteiger partial charge in [-0.15, -0.1) is 22.7 Å². The number of aromatic carboxylic acids is 2. The van der Waals surface area contributed by atoms with E-state index in [-0.39, 0.29) is 44.8 Å². The largest absolute Gasteiger partial charge is 0.477 e. The lowest BCUT2D eigenvalue weighted by molar-refractivity contribution is -0.140. The van der Waals surface area contributed by atoms with Gasteiger partial charge in [-0.2, -0.15) is 23.4 Å². The third kappa shape index (κ3) is 8.42. The first-order chi connectivity index (χ1) is 27.3. The molecule has 6 aromatic rings. The van der Waals surface area contributed by atoms with E-state index in [0.29, 0.717) is 49.6 Å². The summed E-state index contributed by atoms with van der Waals surface area (Å²) in [6, 6.07) is 13.1. The number of hydrogen-bond donors (Lipinski definition) is 6. The lowest BCUT2D eigenvalue weighted by Crippen LogP contribution is -2.19. The van der Waals surface area contributed by atoms with Crippen molar-refractivity contribution < 1.29 is 51.2 Å². The third-order valence-corrected chi connectivity index (χ3v) is 15.8. The van der Waals surface area contributed by atoms with E-state index in [2.05, 4.69) is 25.5 Å². The van der Waals surface area contributed by atoms with Crippen molar-refractivity contribution in [2.75, 3.05) is 24.4 Å². The lowest BCUT2D eigenvalue weighted by Gasteiger charge is -2.22. The molecule has 0 amide bonds. The molecule has 0 saturated heterocycles. The number of anilines is 2. The number of aryl methyl sites for hydroxylation is 6. The van der Waals surface area contributed by atoms with E-state index >= 15 is 0 Å². The summed E-state index contributed by atoms with van der Waals surface area (Å²) in [6.07, 6.45) is -3.40. The fraction of sp³-hybridized carbons (Fsp3) is 0.243. The first kappa shape index (κ1) is 42.6. The van der Waals surface area contributed by atoms with E-state index in [4.69, 9.17) is 9.05 Å². The van der Waals surface area contributed by atoms with Crippen LogP contribution >= 0.6 is 37.7 Å². The normalized spacial score (nSPS) is 13.9. The molecule has 0 fully saturated rings. The molecular weight excluding hydrogens is 840 g/mol. The number of nitrogens with one attached hydrogen (secondary N) is 4. The monoisotopic (exact) mass is 876 g/mol. The first-order valence-corrected chi connectivity index (χ1v) is 22.1. The zero-order valence-corrected chi connectivity index (χ0v) is 35.1. The van der Waals surface area contributed by atoms with Crippen LogP contribution in [0.5, 0.6) is 0 Å². The zero-order valence-electron chi connectivity index (χ0n) is 31.7. The average molecular weight is 877 g/mol. The van der Waals surface area contributed by atoms with Gasteiger partial charge in [0.25, 0.3) is 0 Å². The zero-order chi connectivity index (χ0) is 42.3. The molecular formula is C37H37F3N6O8P2S2. The summed E-state index contributed by atoms with van der Waals surface area (Å²) in [5.74, 6) is -2.70. The highest BCUT2D eigenvalue weighted by molar-refractivity contribution is 7.69. The molecule has 0 radical (unpaired) electrons. The summed E-state index contributed by atoms with van der Waals surface area (Å²) in [7, 11) is -5.48. The van der Waals surface area contributed by atoms with Crippen molar-refractivity contribution >= 4 is 71.6 Å². The summed E-state index contributed by atoms with van der Waals surface area (Å²) in [5, 5.41) is 39.2. The Morgan fingerprint density at radius 3 is 1.91 bits per heavy atom. The fourth-order valence-electron chi connectivity index (χ4n) is 6.51. The average Bonchev–Trinajstić information content (AvgIpc) is 3.96. The Balaban J connectivity index is 1.32. The van der Waals surface area contributed by atoms with Crippen LogP contribution < -0.4 is 20.8 Å². The van der Waals surface area contributed by atoms with Crippen molar-refractivity contribution in [1.29, 1.82) is 0 Å². The Bertz CT molecular complexity index is 2650. The van der Waals surface area contributed by atoms with Crippen molar-refractivity contribution in [2.45, 2.75) is 46.7 Å². The smallest absolute Gasteiger partial charge is 0.433 e. The Labute approximate surface area is 337 Å². The van der Waals surface area contributed by atoms with E-state index in [0.717, 1.165) is 34.7 Å². The summed E-state index contributed by atoms with van der Waals surface area (Å²) in [6.45, 7) is 7.28. The van der Waals surface area contributed by atoms with Crippen LogP contribution in [0.15, 0.2) is 54.7 Å². The molecule has 306 valence electrons. The van der Waals surface area contributed by atoms with Gasteiger partial charge >= 0.3 is 33.2 Å². The third-order valence-electron chi connectivity index (χ3n) is 9.21. The van der Waals surface area contributed by atoms with Gasteiger partial charge in [-0.3, -0.25) is 19.3 Å². The predicted molar refractivity (Wildman–Crippen MR) is 218 cm³/mol. The van der Waals surface area contributed by atoms with Crippen molar-refractivity contribution in [1.82, 2.24) is 20.4 Å². The van der Waals surface area contributed by atoms with Gasteiger partial charge in [0, 0.05) is 40.8 Å². The predicted octanol–water partition coefficient (Wildman–Crippen LogP) is 9.18. The number of hydrogen-bond acceptors (Lipinski definition) is 10. The number of carboxylic acid groups (broad SMARTS) is 2. The van der Waals surface area contributed by atoms with E-state index in [1.807, 2.05) is 25.0 Å². The Hall–Kier alpha value is -5.03. The number of thiophene rings is 2. The van der Waals surface area contributed by atoms with Gasteiger partial charge in [0.05, 0.1) is 33.9 Å². The second-order valence-corrected chi connectivity index (χ2v) is 19.7. The molecule has 0 bridgehead atoms. The van der Waals surface area contributed by atoms with E-state index in [1.54, 1.807) is 50.2 Å². The van der Waals surface area contributed by atoms with Crippen molar-refractivity contribution in [3.8, 4) is 20.9 Å². The number of carbonyl (C=O) groups is 2. The van der Waals surface area contributed by atoms with Gasteiger partial charge in [0.2, 0.25) is 0 Å². The number of carboxylic acids is 2. The number of halogens is 3. The van der Waals surface area contributed by atoms with Crippen LogP contribution in [0.4, 0.5) is 24.5 Å². The maximum Gasteiger partial charge on any atom is 0.433 e. The number of aromatic nitrogens is 4. The highest BCUT2D eigenvalue weighted by Crippen LogP contribution is 2.51. The molecule has 0 aliphatic carbocycles. The standard InChI is InChI=1S/C37H37F3N6O8P2S2/c1-18-7-11-27(20(3)13-18)55(51,53-5)45-26-16-30(58-33(26)36(49)50)31-21(4)42-43-24(31)10-9-22-14-19(2)8-12-28(22)56(52,54-6)46-25-15-29(57-32(25)35(47)48)23-17-41-44-34(23)37(38,39)40/h7-8,11-17H,9-10H2,1-6H3,(H,41,44)(H,42,43)(H,45,51)(H,46,52)(H,47,48)(H,49,50). The molecule has 2 aromatic carbocycles. The summed E-state index contributed by atoms with van der Waals surface area (Å²) in [5.41, 5.74) is 3.11. The number of benzene rings is 2. The van der Waals surface area contributed by atoms with Crippen molar-refractivity contribution in [3.05, 3.63) is 104 Å². The summed E-state index contributed by atoms with van der Waals surface area (Å²) >= 11 is 1.51. The first-order valence-electron chi connectivity index (χ1n) is 17.2. The number of H-pyrrole nitrogens is 2. The molecule has 2 atom stereocenters. The molecule has 2 unspecified atom stereocenters. The van der Waals surface area contributed by atoms with Crippen molar-refractivity contribution in [3.63, 3.8) is 0 Å². The Kier molecular flexibility index (Phi) is 12.0. The Morgan fingerprint density at radius 1 is 0.793 bits per heavy atom. The number of nitrogens with zero attached hydrogens (tertiary/aromatic N) is 2. The van der Waals surface area contributed by atoms with E-state index in [9.17, 15) is 42.1 Å². The molecule has 4 aromatic heterocycles. The molecule has 0 aliphatic heterocycles. The Morgan fingerprint density at radius 2 is 1.34 bits per heavy atom. The van der Waals surface area contributed by atoms with Crippen molar-refractivity contribution in [2.24, 2.45) is 0 Å². The molecule has 14 nitrogen and oxygen atoms in total. The second kappa shape index (κ2) is 16.3. The van der Waals surface area contributed by atoms with Crippen LogP contribution in [-0.2, 0) is 37.2 Å². The molecule has 0 aliphatic rings. The van der Waals surface area contributed by atoms with Gasteiger partial charge in [0.1, 0.15) is 15.4 Å². The maximum absolute atomic E-state index is 14.6. The van der Waals surface area contributed by atoms with Gasteiger partial charge in [0.15, 0.2) is 0 Å². The van der Waals surface area contributed by atoms with E-state index in [1.165, 1.54) is 14.2 Å². The van der Waals surface area contributed by atoms with E-state index < -0.39 is 43.7 Å². The number of rotatable bonds is 15. The van der Waals surface area contributed by atoms with Gasteiger partial charge in [-0.1, -0.05) is 35.4 Å². The molecule has 4 heterocycles. The second-order valence-electron chi connectivity index (χ2n) is 13.3. The molecule has 6 N–H and O–H groups in total. The summed E-state index contributed by atoms with van der Waals surface area (Å²) < 4.78 is 80.8. The maximum atomic E-state index is 14.6. The molecule has 0 saturated carbocycles. The van der Waals surface area contributed by atoms with Gasteiger partial charge < -0.3 is 29.4 Å². The lowest BCUT2D eigenvalue weighted by atomic mass is 10.0. The topological polar surface area (TPSA) is 209 Å². The minimum absolute atomic E-state index is 0.0810. The van der Waals surface area contributed by atoms with Crippen LogP contribution in [0.3, 0.4) is 0 Å². The highest BCUT2D eigenvalue weighted by atomic mass is 32.1. The quantitative estimate of drug-likeness (QED) is 0.0534. The molecule has 6 rings (SSSR count). The molecule has 58 heavy (non-hydrogen) atoms. The van der Waals surface area contributed by atoms with Gasteiger partial charge in [-0.05, 0) is 75.9 Å². The SMILES string of the molecule is COP(=O)(Nc1cc(-c2c(CCc3cc(C)ccc3P(=O)(Nc3cc(-c4cn[nH]c4C(F)(F)F)sc3C(=O)O)OC)n[nH]c2C)sc1C(=O)O)c1ccc(C)cc1C. The summed E-state index contributed by atoms with van der Waals surface area (Å²) in [4.78, 5) is 24.7.